The smallest absolute Gasteiger partial charge is 0.105 e. The first-order valence-corrected chi connectivity index (χ1v) is 5.35. The third kappa shape index (κ3) is 3.02. The molecule has 0 unspecified atom stereocenters. The van der Waals surface area contributed by atoms with Gasteiger partial charge in [-0.2, -0.15) is 0 Å². The number of hydrogen-bond donors (Lipinski definition) is 1. The third-order valence-corrected chi connectivity index (χ3v) is 2.55. The Morgan fingerprint density at radius 2 is 1.87 bits per heavy atom. The van der Waals surface area contributed by atoms with Gasteiger partial charge in [0.1, 0.15) is 6.10 Å². The van der Waals surface area contributed by atoms with Gasteiger partial charge in [0, 0.05) is 0 Å². The van der Waals surface area contributed by atoms with Crippen LogP contribution in [0.1, 0.15) is 11.1 Å². The SMILES string of the molecule is NCCc1ccc(COC2COC2)cc1. The number of hydrogen-bond acceptors (Lipinski definition) is 3. The van der Waals surface area contributed by atoms with Crippen LogP contribution in [0.15, 0.2) is 24.3 Å². The van der Waals surface area contributed by atoms with Gasteiger partial charge in [-0.05, 0) is 24.1 Å². The molecule has 15 heavy (non-hydrogen) atoms. The van der Waals surface area contributed by atoms with Gasteiger partial charge < -0.3 is 15.2 Å². The summed E-state index contributed by atoms with van der Waals surface area (Å²) in [6.45, 7) is 2.86. The molecule has 1 fully saturated rings. The summed E-state index contributed by atoms with van der Waals surface area (Å²) in [6.07, 6.45) is 1.24. The Hall–Kier alpha value is -0.900. The minimum absolute atomic E-state index is 0.300. The molecule has 82 valence electrons. The largest absolute Gasteiger partial charge is 0.376 e. The van der Waals surface area contributed by atoms with Crippen molar-refractivity contribution in [1.29, 1.82) is 0 Å². The van der Waals surface area contributed by atoms with E-state index in [1.807, 2.05) is 0 Å². The lowest BCUT2D eigenvalue weighted by Crippen LogP contribution is -2.35. The second-order valence-electron chi connectivity index (χ2n) is 3.83. The zero-order valence-electron chi connectivity index (χ0n) is 8.82. The van der Waals surface area contributed by atoms with E-state index < -0.39 is 0 Å². The van der Waals surface area contributed by atoms with Crippen molar-refractivity contribution in [2.45, 2.75) is 19.1 Å². The van der Waals surface area contributed by atoms with Gasteiger partial charge in [-0.15, -0.1) is 0 Å². The Bertz CT molecular complexity index is 293. The highest BCUT2D eigenvalue weighted by Crippen LogP contribution is 2.11. The van der Waals surface area contributed by atoms with E-state index in [-0.39, 0.29) is 0 Å². The van der Waals surface area contributed by atoms with Crippen LogP contribution in [0.3, 0.4) is 0 Å². The summed E-state index contributed by atoms with van der Waals surface area (Å²) >= 11 is 0. The van der Waals surface area contributed by atoms with Crippen molar-refractivity contribution in [2.24, 2.45) is 5.73 Å². The number of nitrogens with two attached hydrogens (primary N) is 1. The van der Waals surface area contributed by atoms with E-state index in [2.05, 4.69) is 24.3 Å². The molecule has 0 aliphatic carbocycles. The highest BCUT2D eigenvalue weighted by atomic mass is 16.6. The van der Waals surface area contributed by atoms with Crippen LogP contribution in [0.5, 0.6) is 0 Å². The fourth-order valence-electron chi connectivity index (χ4n) is 1.49. The third-order valence-electron chi connectivity index (χ3n) is 2.55. The maximum atomic E-state index is 5.61. The van der Waals surface area contributed by atoms with Gasteiger partial charge in [0.05, 0.1) is 19.8 Å². The second-order valence-corrected chi connectivity index (χ2v) is 3.83. The summed E-state index contributed by atoms with van der Waals surface area (Å²) in [5.74, 6) is 0. The number of ether oxygens (including phenoxy) is 2. The van der Waals surface area contributed by atoms with Crippen LogP contribution < -0.4 is 5.73 Å². The molecular weight excluding hydrogens is 190 g/mol. The van der Waals surface area contributed by atoms with E-state index in [9.17, 15) is 0 Å². The van der Waals surface area contributed by atoms with Crippen molar-refractivity contribution in [3.05, 3.63) is 35.4 Å². The van der Waals surface area contributed by atoms with Crippen molar-refractivity contribution < 1.29 is 9.47 Å². The first-order valence-electron chi connectivity index (χ1n) is 5.35. The Balaban J connectivity index is 1.80. The number of rotatable bonds is 5. The standard InChI is InChI=1S/C12H17NO2/c13-6-5-10-1-3-11(4-2-10)7-15-12-8-14-9-12/h1-4,12H,5-9,13H2. The maximum absolute atomic E-state index is 5.61. The van der Waals surface area contributed by atoms with E-state index >= 15 is 0 Å². The Kier molecular flexibility index (Phi) is 3.72. The molecule has 0 saturated carbocycles. The average Bonchev–Trinajstić information content (AvgIpc) is 2.19. The van der Waals surface area contributed by atoms with E-state index in [0.717, 1.165) is 19.6 Å². The van der Waals surface area contributed by atoms with Gasteiger partial charge >= 0.3 is 0 Å². The molecule has 3 nitrogen and oxygen atoms in total. The maximum Gasteiger partial charge on any atom is 0.105 e. The van der Waals surface area contributed by atoms with Gasteiger partial charge in [-0.25, -0.2) is 0 Å². The molecule has 1 aliphatic heterocycles. The van der Waals surface area contributed by atoms with Crippen LogP contribution in [0.4, 0.5) is 0 Å². The summed E-state index contributed by atoms with van der Waals surface area (Å²) in [7, 11) is 0. The van der Waals surface area contributed by atoms with Gasteiger partial charge in [0.15, 0.2) is 0 Å². The summed E-state index contributed by atoms with van der Waals surface area (Å²) in [5.41, 5.74) is 7.98. The zero-order chi connectivity index (χ0) is 10.5. The topological polar surface area (TPSA) is 44.5 Å². The molecule has 1 aromatic rings. The van der Waals surface area contributed by atoms with Gasteiger partial charge in [0.2, 0.25) is 0 Å². The van der Waals surface area contributed by atoms with Crippen LogP contribution in [0.25, 0.3) is 0 Å². The summed E-state index contributed by atoms with van der Waals surface area (Å²) in [5, 5.41) is 0. The predicted octanol–water partition coefficient (Wildman–Crippen LogP) is 1.10. The molecule has 2 rings (SSSR count). The van der Waals surface area contributed by atoms with Crippen molar-refractivity contribution in [2.75, 3.05) is 19.8 Å². The fourth-order valence-corrected chi connectivity index (χ4v) is 1.49. The molecule has 1 aromatic carbocycles. The fraction of sp³-hybridized carbons (Fsp3) is 0.500. The Morgan fingerprint density at radius 3 is 2.40 bits per heavy atom. The molecular formula is C12H17NO2. The van der Waals surface area contributed by atoms with Crippen LogP contribution >= 0.6 is 0 Å². The quantitative estimate of drug-likeness (QED) is 0.786. The molecule has 0 aromatic heterocycles. The van der Waals surface area contributed by atoms with E-state index in [1.54, 1.807) is 0 Å². The Labute approximate surface area is 90.2 Å². The second kappa shape index (κ2) is 5.26. The summed E-state index contributed by atoms with van der Waals surface area (Å²) < 4.78 is 10.6. The first kappa shape index (κ1) is 10.6. The normalized spacial score (nSPS) is 16.3. The molecule has 0 amide bonds. The predicted molar refractivity (Wildman–Crippen MR) is 58.6 cm³/mol. The average molecular weight is 207 g/mol. The van der Waals surface area contributed by atoms with E-state index in [1.165, 1.54) is 11.1 Å². The minimum atomic E-state index is 0.300. The lowest BCUT2D eigenvalue weighted by Gasteiger charge is -2.25. The Morgan fingerprint density at radius 1 is 1.20 bits per heavy atom. The van der Waals surface area contributed by atoms with E-state index in [4.69, 9.17) is 15.2 Å². The van der Waals surface area contributed by atoms with Crippen LogP contribution in [0, 0.1) is 0 Å². The molecule has 0 spiro atoms. The summed E-state index contributed by atoms with van der Waals surface area (Å²) in [6, 6.07) is 8.43. The monoisotopic (exact) mass is 207 g/mol. The first-order chi connectivity index (χ1) is 7.38. The molecule has 0 atom stereocenters. The van der Waals surface area contributed by atoms with Crippen LogP contribution in [-0.2, 0) is 22.5 Å². The van der Waals surface area contributed by atoms with Crippen molar-refractivity contribution in [1.82, 2.24) is 0 Å². The molecule has 1 aliphatic rings. The minimum Gasteiger partial charge on any atom is -0.376 e. The lowest BCUT2D eigenvalue weighted by molar-refractivity contribution is -0.135. The molecule has 3 heteroatoms. The molecule has 1 heterocycles. The zero-order valence-corrected chi connectivity index (χ0v) is 8.82. The molecule has 0 bridgehead atoms. The highest BCUT2D eigenvalue weighted by molar-refractivity contribution is 5.22. The summed E-state index contributed by atoms with van der Waals surface area (Å²) in [4.78, 5) is 0. The molecule has 1 saturated heterocycles. The van der Waals surface area contributed by atoms with Crippen LogP contribution in [-0.4, -0.2) is 25.9 Å². The molecule has 2 N–H and O–H groups in total. The lowest BCUT2D eigenvalue weighted by atomic mass is 10.1. The molecule has 0 radical (unpaired) electrons. The van der Waals surface area contributed by atoms with Crippen molar-refractivity contribution in [3.63, 3.8) is 0 Å². The van der Waals surface area contributed by atoms with Gasteiger partial charge in [-0.3, -0.25) is 0 Å². The van der Waals surface area contributed by atoms with Crippen molar-refractivity contribution in [3.8, 4) is 0 Å². The number of benzene rings is 1. The van der Waals surface area contributed by atoms with E-state index in [0.29, 0.717) is 19.3 Å². The van der Waals surface area contributed by atoms with Crippen molar-refractivity contribution >= 4 is 0 Å². The van der Waals surface area contributed by atoms with Crippen LogP contribution in [0.2, 0.25) is 0 Å². The van der Waals surface area contributed by atoms with Gasteiger partial charge in [0.25, 0.3) is 0 Å². The highest BCUT2D eigenvalue weighted by Gasteiger charge is 2.18. The van der Waals surface area contributed by atoms with Gasteiger partial charge in [-0.1, -0.05) is 24.3 Å².